The fraction of sp³-hybridized carbons (Fsp3) is 0.0526. The molecule has 0 aliphatic carbocycles. The molecule has 114 valence electrons. The van der Waals surface area contributed by atoms with Gasteiger partial charge in [-0.3, -0.25) is 4.79 Å². The van der Waals surface area contributed by atoms with Gasteiger partial charge in [-0.25, -0.2) is 9.18 Å². The first-order chi connectivity index (χ1) is 11.0. The van der Waals surface area contributed by atoms with Gasteiger partial charge >= 0.3 is 5.97 Å². The van der Waals surface area contributed by atoms with E-state index < -0.39 is 11.8 Å². The first-order valence-electron chi connectivity index (χ1n) is 7.06. The summed E-state index contributed by atoms with van der Waals surface area (Å²) in [6.45, 7) is 1.33. The van der Waals surface area contributed by atoms with Crippen LogP contribution in [0.25, 0.3) is 10.8 Å². The van der Waals surface area contributed by atoms with Gasteiger partial charge in [0, 0.05) is 6.07 Å². The quantitative estimate of drug-likeness (QED) is 0.409. The van der Waals surface area contributed by atoms with Crippen molar-refractivity contribution in [3.05, 3.63) is 77.6 Å². The van der Waals surface area contributed by atoms with Crippen LogP contribution in [0.1, 0.15) is 27.6 Å². The van der Waals surface area contributed by atoms with E-state index in [1.54, 1.807) is 12.1 Å². The summed E-state index contributed by atoms with van der Waals surface area (Å²) < 4.78 is 18.6. The maximum Gasteiger partial charge on any atom is 0.343 e. The van der Waals surface area contributed by atoms with E-state index in [1.807, 2.05) is 30.3 Å². The van der Waals surface area contributed by atoms with Crippen LogP contribution < -0.4 is 4.74 Å². The predicted octanol–water partition coefficient (Wildman–Crippen LogP) is 4.40. The minimum atomic E-state index is -0.635. The average Bonchev–Trinajstić information content (AvgIpc) is 2.54. The van der Waals surface area contributed by atoms with E-state index in [0.717, 1.165) is 22.9 Å². The van der Waals surface area contributed by atoms with Gasteiger partial charge in [0.1, 0.15) is 11.6 Å². The van der Waals surface area contributed by atoms with Crippen molar-refractivity contribution >= 4 is 22.5 Å². The number of carbonyl (C=O) groups is 2. The van der Waals surface area contributed by atoms with E-state index in [2.05, 4.69) is 0 Å². The van der Waals surface area contributed by atoms with Crippen LogP contribution in [-0.2, 0) is 0 Å². The topological polar surface area (TPSA) is 43.4 Å². The summed E-state index contributed by atoms with van der Waals surface area (Å²) in [5.41, 5.74) is 0.503. The Morgan fingerprint density at radius 3 is 2.39 bits per heavy atom. The predicted molar refractivity (Wildman–Crippen MR) is 85.3 cm³/mol. The molecule has 0 bridgehead atoms. The number of benzene rings is 3. The van der Waals surface area contributed by atoms with E-state index in [1.165, 1.54) is 13.0 Å². The Balaban J connectivity index is 1.94. The molecule has 0 aliphatic rings. The van der Waals surface area contributed by atoms with Gasteiger partial charge in [0.15, 0.2) is 5.78 Å². The van der Waals surface area contributed by atoms with Gasteiger partial charge in [0.05, 0.1) is 11.1 Å². The summed E-state index contributed by atoms with van der Waals surface area (Å²) in [4.78, 5) is 23.8. The minimum Gasteiger partial charge on any atom is -0.422 e. The third kappa shape index (κ3) is 3.11. The van der Waals surface area contributed by atoms with Gasteiger partial charge < -0.3 is 4.74 Å². The van der Waals surface area contributed by atoms with Crippen molar-refractivity contribution in [3.8, 4) is 5.75 Å². The van der Waals surface area contributed by atoms with Gasteiger partial charge in [-0.1, -0.05) is 30.3 Å². The molecule has 3 aromatic rings. The summed E-state index contributed by atoms with van der Waals surface area (Å²) in [6, 6.07) is 16.2. The summed E-state index contributed by atoms with van der Waals surface area (Å²) in [6.07, 6.45) is 0. The molecule has 4 heteroatoms. The zero-order chi connectivity index (χ0) is 16.4. The number of hydrogen-bond donors (Lipinski definition) is 0. The Morgan fingerprint density at radius 1 is 0.913 bits per heavy atom. The molecule has 0 spiro atoms. The lowest BCUT2D eigenvalue weighted by Gasteiger charge is -2.09. The van der Waals surface area contributed by atoms with E-state index >= 15 is 0 Å². The Hall–Kier alpha value is -3.01. The lowest BCUT2D eigenvalue weighted by atomic mass is 10.1. The highest BCUT2D eigenvalue weighted by molar-refractivity contribution is 6.00. The SMILES string of the molecule is CC(=O)c1ccc(F)cc1OC(=O)c1ccc2ccccc2c1. The van der Waals surface area contributed by atoms with Gasteiger partial charge in [-0.2, -0.15) is 0 Å². The van der Waals surface area contributed by atoms with Crippen molar-refractivity contribution in [1.82, 2.24) is 0 Å². The molecule has 0 atom stereocenters. The molecule has 0 aliphatic heterocycles. The molecule has 0 amide bonds. The number of esters is 1. The molecule has 0 N–H and O–H groups in total. The van der Waals surface area contributed by atoms with E-state index in [0.29, 0.717) is 5.56 Å². The second-order valence-electron chi connectivity index (χ2n) is 5.15. The molecule has 23 heavy (non-hydrogen) atoms. The Morgan fingerprint density at radius 2 is 1.65 bits per heavy atom. The summed E-state index contributed by atoms with van der Waals surface area (Å²) in [7, 11) is 0. The normalized spacial score (nSPS) is 10.5. The third-order valence-corrected chi connectivity index (χ3v) is 3.51. The van der Waals surface area contributed by atoms with Crippen molar-refractivity contribution in [2.24, 2.45) is 0 Å². The summed E-state index contributed by atoms with van der Waals surface area (Å²) >= 11 is 0. The second kappa shape index (κ2) is 6.01. The van der Waals surface area contributed by atoms with Gasteiger partial charge in [0.25, 0.3) is 0 Å². The number of Topliss-reactive ketones (excluding diaryl/α,β-unsaturated/α-hetero) is 1. The molecule has 0 heterocycles. The molecule has 0 saturated heterocycles. The summed E-state index contributed by atoms with van der Waals surface area (Å²) in [5, 5.41) is 1.90. The number of rotatable bonds is 3. The molecule has 0 saturated carbocycles. The van der Waals surface area contributed by atoms with Crippen LogP contribution >= 0.6 is 0 Å². The van der Waals surface area contributed by atoms with Crippen molar-refractivity contribution in [3.63, 3.8) is 0 Å². The Bertz CT molecular complexity index is 915. The third-order valence-electron chi connectivity index (χ3n) is 3.51. The van der Waals surface area contributed by atoms with Crippen LogP contribution in [0.4, 0.5) is 4.39 Å². The van der Waals surface area contributed by atoms with Crippen LogP contribution in [0.5, 0.6) is 5.75 Å². The Labute approximate surface area is 132 Å². The fourth-order valence-electron chi connectivity index (χ4n) is 2.35. The fourth-order valence-corrected chi connectivity index (χ4v) is 2.35. The Kier molecular flexibility index (Phi) is 3.89. The highest BCUT2D eigenvalue weighted by atomic mass is 19.1. The monoisotopic (exact) mass is 308 g/mol. The molecule has 3 nitrogen and oxygen atoms in total. The van der Waals surface area contributed by atoms with Gasteiger partial charge in [0.2, 0.25) is 0 Å². The lowest BCUT2D eigenvalue weighted by Crippen LogP contribution is -2.11. The van der Waals surface area contributed by atoms with Gasteiger partial charge in [-0.05, 0) is 42.0 Å². The molecular weight excluding hydrogens is 295 g/mol. The number of fused-ring (bicyclic) bond motifs is 1. The molecule has 0 aromatic heterocycles. The maximum absolute atomic E-state index is 13.4. The average molecular weight is 308 g/mol. The molecule has 3 aromatic carbocycles. The van der Waals surface area contributed by atoms with Crippen LogP contribution in [0.15, 0.2) is 60.7 Å². The highest BCUT2D eigenvalue weighted by Gasteiger charge is 2.15. The maximum atomic E-state index is 13.4. The zero-order valence-corrected chi connectivity index (χ0v) is 12.4. The van der Waals surface area contributed by atoms with Crippen LogP contribution in [0.3, 0.4) is 0 Å². The number of hydrogen-bond acceptors (Lipinski definition) is 3. The largest absolute Gasteiger partial charge is 0.422 e. The molecular formula is C19H13FO3. The minimum absolute atomic E-state index is 0.0735. The molecule has 0 fully saturated rings. The summed E-state index contributed by atoms with van der Waals surface area (Å²) in [5.74, 6) is -1.58. The number of carbonyl (C=O) groups excluding carboxylic acids is 2. The number of ketones is 1. The number of ether oxygens (including phenoxy) is 1. The van der Waals surface area contributed by atoms with Crippen LogP contribution in [0.2, 0.25) is 0 Å². The van der Waals surface area contributed by atoms with E-state index in [-0.39, 0.29) is 17.1 Å². The highest BCUT2D eigenvalue weighted by Crippen LogP contribution is 2.23. The first-order valence-corrected chi connectivity index (χ1v) is 7.06. The first kappa shape index (κ1) is 14.9. The van der Waals surface area contributed by atoms with Crippen LogP contribution in [0, 0.1) is 5.82 Å². The lowest BCUT2D eigenvalue weighted by molar-refractivity contribution is 0.0732. The van der Waals surface area contributed by atoms with E-state index in [9.17, 15) is 14.0 Å². The van der Waals surface area contributed by atoms with Crippen molar-refractivity contribution < 1.29 is 18.7 Å². The zero-order valence-electron chi connectivity index (χ0n) is 12.4. The molecule has 0 unspecified atom stereocenters. The van der Waals surface area contributed by atoms with Crippen LogP contribution in [-0.4, -0.2) is 11.8 Å². The smallest absolute Gasteiger partial charge is 0.343 e. The molecule has 3 rings (SSSR count). The van der Waals surface area contributed by atoms with Gasteiger partial charge in [-0.15, -0.1) is 0 Å². The number of halogens is 1. The van der Waals surface area contributed by atoms with Crippen molar-refractivity contribution in [2.45, 2.75) is 6.92 Å². The van der Waals surface area contributed by atoms with Crippen molar-refractivity contribution in [1.29, 1.82) is 0 Å². The second-order valence-corrected chi connectivity index (χ2v) is 5.15. The van der Waals surface area contributed by atoms with Crippen molar-refractivity contribution in [2.75, 3.05) is 0 Å². The standard InChI is InChI=1S/C19H13FO3/c1-12(21)17-9-8-16(20)11-18(17)23-19(22)15-7-6-13-4-2-3-5-14(13)10-15/h2-11H,1H3. The molecule has 0 radical (unpaired) electrons. The van der Waals surface area contributed by atoms with E-state index in [4.69, 9.17) is 4.74 Å².